The monoisotopic (exact) mass is 429 g/mol. The van der Waals surface area contributed by atoms with Crippen molar-refractivity contribution in [3.05, 3.63) is 51.1 Å². The van der Waals surface area contributed by atoms with Gasteiger partial charge >= 0.3 is 6.18 Å². The van der Waals surface area contributed by atoms with Crippen LogP contribution in [0, 0.1) is 0 Å². The van der Waals surface area contributed by atoms with Crippen LogP contribution in [0.5, 0.6) is 0 Å². The average Bonchev–Trinajstić information content (AvgIpc) is 3.26. The molecule has 0 unspecified atom stereocenters. The highest BCUT2D eigenvalue weighted by molar-refractivity contribution is 7.09. The Morgan fingerprint density at radius 2 is 2.14 bits per heavy atom. The van der Waals surface area contributed by atoms with Crippen molar-refractivity contribution in [2.45, 2.75) is 26.1 Å². The summed E-state index contributed by atoms with van der Waals surface area (Å²) in [5.41, 5.74) is 1.26. The Bertz CT molecular complexity index is 964. The van der Waals surface area contributed by atoms with Gasteiger partial charge in [0, 0.05) is 40.6 Å². The molecular weight excluding hydrogens is 411 g/mol. The molecule has 0 radical (unpaired) electrons. The minimum Gasteiger partial charge on any atom is -0.361 e. The van der Waals surface area contributed by atoms with Gasteiger partial charge in [-0.2, -0.15) is 13.2 Å². The molecule has 0 aliphatic rings. The van der Waals surface area contributed by atoms with Crippen LogP contribution in [0.1, 0.15) is 23.2 Å². The molecule has 150 valence electrons. The first-order chi connectivity index (χ1) is 13.4. The summed E-state index contributed by atoms with van der Waals surface area (Å²) >= 11 is 7.02. The quantitative estimate of drug-likeness (QED) is 0.396. The van der Waals surface area contributed by atoms with Crippen molar-refractivity contribution in [3.63, 3.8) is 0 Å². The molecule has 28 heavy (non-hydrogen) atoms. The summed E-state index contributed by atoms with van der Waals surface area (Å²) in [7, 11) is 0. The molecule has 1 aromatic carbocycles. The molecule has 0 bridgehead atoms. The number of benzene rings is 1. The summed E-state index contributed by atoms with van der Waals surface area (Å²) in [5.74, 6) is 0.532. The van der Waals surface area contributed by atoms with Gasteiger partial charge in [0.25, 0.3) is 0 Å². The lowest BCUT2D eigenvalue weighted by Gasteiger charge is -2.10. The molecule has 0 atom stereocenters. The molecule has 5 nitrogen and oxygen atoms in total. The number of rotatable bonds is 6. The topological polar surface area (TPSA) is 65.1 Å². The highest BCUT2D eigenvalue weighted by Crippen LogP contribution is 2.30. The Labute approximate surface area is 169 Å². The van der Waals surface area contributed by atoms with Crippen molar-refractivity contribution in [3.8, 4) is 0 Å². The van der Waals surface area contributed by atoms with Gasteiger partial charge < -0.3 is 15.6 Å². The second-order valence-corrected chi connectivity index (χ2v) is 7.38. The van der Waals surface area contributed by atoms with E-state index in [9.17, 15) is 13.2 Å². The maximum Gasteiger partial charge on any atom is 0.434 e. The van der Waals surface area contributed by atoms with Crippen LogP contribution in [0.3, 0.4) is 0 Å². The molecule has 2 aromatic heterocycles. The molecule has 0 fully saturated rings. The summed E-state index contributed by atoms with van der Waals surface area (Å²) in [4.78, 5) is 11.1. The SMILES string of the molecule is CCNC(=NCc1nc(C(F)(F)F)cs1)NCCc1c[nH]c2ccc(Cl)cc12. The second-order valence-electron chi connectivity index (χ2n) is 6.00. The molecule has 2 heterocycles. The van der Waals surface area contributed by atoms with Gasteiger partial charge in [-0.1, -0.05) is 11.6 Å². The molecule has 10 heteroatoms. The van der Waals surface area contributed by atoms with Crippen LogP contribution >= 0.6 is 22.9 Å². The Kier molecular flexibility index (Phi) is 6.46. The van der Waals surface area contributed by atoms with Crippen molar-refractivity contribution in [1.29, 1.82) is 0 Å². The highest BCUT2D eigenvalue weighted by atomic mass is 35.5. The molecule has 0 saturated heterocycles. The molecule has 3 rings (SSSR count). The van der Waals surface area contributed by atoms with Crippen molar-refractivity contribution in [1.82, 2.24) is 20.6 Å². The van der Waals surface area contributed by atoms with Crippen LogP contribution in [0.25, 0.3) is 10.9 Å². The van der Waals surface area contributed by atoms with Crippen molar-refractivity contribution >= 4 is 39.8 Å². The molecule has 0 saturated carbocycles. The van der Waals surface area contributed by atoms with E-state index in [1.165, 1.54) is 0 Å². The lowest BCUT2D eigenvalue weighted by Crippen LogP contribution is -2.38. The van der Waals surface area contributed by atoms with Crippen LogP contribution < -0.4 is 10.6 Å². The zero-order valence-electron chi connectivity index (χ0n) is 15.0. The van der Waals surface area contributed by atoms with E-state index in [2.05, 4.69) is 25.6 Å². The van der Waals surface area contributed by atoms with Gasteiger partial charge in [-0.25, -0.2) is 9.98 Å². The fourth-order valence-corrected chi connectivity index (χ4v) is 3.57. The molecule has 0 aliphatic carbocycles. The Balaban J connectivity index is 1.60. The maximum absolute atomic E-state index is 12.6. The summed E-state index contributed by atoms with van der Waals surface area (Å²) in [6.07, 6.45) is -1.75. The number of thiazole rings is 1. The number of fused-ring (bicyclic) bond motifs is 1. The third-order valence-corrected chi connectivity index (χ3v) is 5.04. The third-order valence-electron chi connectivity index (χ3n) is 3.98. The smallest absolute Gasteiger partial charge is 0.361 e. The number of alkyl halides is 3. The van der Waals surface area contributed by atoms with Crippen LogP contribution in [-0.4, -0.2) is 29.0 Å². The predicted octanol–water partition coefficient (Wildman–Crippen LogP) is 4.59. The fourth-order valence-electron chi connectivity index (χ4n) is 2.68. The number of aromatic amines is 1. The van der Waals surface area contributed by atoms with E-state index >= 15 is 0 Å². The number of guanidine groups is 1. The van der Waals surface area contributed by atoms with Gasteiger partial charge in [0.1, 0.15) is 5.01 Å². The largest absolute Gasteiger partial charge is 0.434 e. The lowest BCUT2D eigenvalue weighted by atomic mass is 10.1. The number of hydrogen-bond acceptors (Lipinski definition) is 3. The fraction of sp³-hybridized carbons (Fsp3) is 0.333. The van der Waals surface area contributed by atoms with E-state index in [4.69, 9.17) is 11.6 Å². The first kappa shape index (κ1) is 20.5. The Morgan fingerprint density at radius 3 is 2.86 bits per heavy atom. The zero-order valence-corrected chi connectivity index (χ0v) is 16.6. The number of nitrogens with one attached hydrogen (secondary N) is 3. The molecule has 0 spiro atoms. The van der Waals surface area contributed by atoms with E-state index in [1.807, 2.05) is 31.3 Å². The molecule has 0 aliphatic heterocycles. The summed E-state index contributed by atoms with van der Waals surface area (Å²) in [6, 6.07) is 5.69. The average molecular weight is 430 g/mol. The Morgan fingerprint density at radius 1 is 1.32 bits per heavy atom. The third kappa shape index (κ3) is 5.17. The maximum atomic E-state index is 12.6. The number of aliphatic imine (C=N–C) groups is 1. The van der Waals surface area contributed by atoms with Crippen molar-refractivity contribution in [2.24, 2.45) is 4.99 Å². The minimum absolute atomic E-state index is 0.0821. The highest BCUT2D eigenvalue weighted by Gasteiger charge is 2.33. The zero-order chi connectivity index (χ0) is 20.1. The van der Waals surface area contributed by atoms with E-state index < -0.39 is 11.9 Å². The van der Waals surface area contributed by atoms with Crippen LogP contribution in [0.2, 0.25) is 5.02 Å². The van der Waals surface area contributed by atoms with Crippen molar-refractivity contribution in [2.75, 3.05) is 13.1 Å². The first-order valence-electron chi connectivity index (χ1n) is 8.66. The summed E-state index contributed by atoms with van der Waals surface area (Å²) in [5, 5.41) is 9.34. The van der Waals surface area contributed by atoms with Crippen LogP contribution in [0.15, 0.2) is 34.8 Å². The number of halogens is 4. The van der Waals surface area contributed by atoms with Gasteiger partial charge in [0.2, 0.25) is 0 Å². The number of nitrogens with zero attached hydrogens (tertiary/aromatic N) is 2. The van der Waals surface area contributed by atoms with E-state index in [-0.39, 0.29) is 6.54 Å². The summed E-state index contributed by atoms with van der Waals surface area (Å²) < 4.78 is 37.9. The normalized spacial score (nSPS) is 12.5. The van der Waals surface area contributed by atoms with Gasteiger partial charge in [-0.05, 0) is 37.1 Å². The molecule has 0 amide bonds. The number of hydrogen-bond donors (Lipinski definition) is 3. The predicted molar refractivity (Wildman–Crippen MR) is 107 cm³/mol. The summed E-state index contributed by atoms with van der Waals surface area (Å²) in [6.45, 7) is 3.25. The van der Waals surface area contributed by atoms with Crippen LogP contribution in [0.4, 0.5) is 13.2 Å². The number of H-pyrrole nitrogens is 1. The lowest BCUT2D eigenvalue weighted by molar-refractivity contribution is -0.140. The second kappa shape index (κ2) is 8.83. The van der Waals surface area contributed by atoms with Gasteiger partial charge in [-0.3, -0.25) is 0 Å². The van der Waals surface area contributed by atoms with Crippen molar-refractivity contribution < 1.29 is 13.2 Å². The molecule has 3 aromatic rings. The first-order valence-corrected chi connectivity index (χ1v) is 9.92. The van der Waals surface area contributed by atoms with Gasteiger partial charge in [0.05, 0.1) is 6.54 Å². The van der Waals surface area contributed by atoms with Crippen LogP contribution in [-0.2, 0) is 19.1 Å². The van der Waals surface area contributed by atoms with E-state index in [1.54, 1.807) is 0 Å². The van der Waals surface area contributed by atoms with E-state index in [0.29, 0.717) is 29.1 Å². The van der Waals surface area contributed by atoms with E-state index in [0.717, 1.165) is 39.6 Å². The minimum atomic E-state index is -4.43. The molecular formula is C18H19ClF3N5S. The number of aromatic nitrogens is 2. The Hall–Kier alpha value is -2.26. The van der Waals surface area contributed by atoms with Gasteiger partial charge in [-0.15, -0.1) is 11.3 Å². The molecule has 3 N–H and O–H groups in total. The van der Waals surface area contributed by atoms with Gasteiger partial charge in [0.15, 0.2) is 11.7 Å². The standard InChI is InChI=1S/C18H19ClF3N5S/c1-2-23-17(26-9-16-27-15(10-28-16)18(20,21)22)24-6-5-11-8-25-14-4-3-12(19)7-13(11)14/h3-4,7-8,10,25H,2,5-6,9H2,1H3,(H2,23,24,26).